The molecule has 0 saturated heterocycles. The standard InChI is InChI=1S/C15H13ClFIN2O/c16-14-12(18)13(8-3-1-2-4-8)19-15(20-14)9-5-10(17)7-11(21)6-9/h5-8,21H,1-4H2. The van der Waals surface area contributed by atoms with Gasteiger partial charge >= 0.3 is 0 Å². The van der Waals surface area contributed by atoms with Crippen molar-refractivity contribution >= 4 is 34.2 Å². The molecule has 0 atom stereocenters. The number of nitrogens with zero attached hydrogens (tertiary/aromatic N) is 2. The van der Waals surface area contributed by atoms with Crippen molar-refractivity contribution in [2.24, 2.45) is 0 Å². The molecule has 0 unspecified atom stereocenters. The van der Waals surface area contributed by atoms with Crippen molar-refractivity contribution in [2.45, 2.75) is 31.6 Å². The number of aromatic hydroxyl groups is 1. The Hall–Kier alpha value is -0.950. The molecule has 0 aliphatic heterocycles. The molecule has 1 heterocycles. The third-order valence-corrected chi connectivity index (χ3v) is 5.37. The summed E-state index contributed by atoms with van der Waals surface area (Å²) in [6.45, 7) is 0. The molecule has 3 rings (SSSR count). The first-order valence-corrected chi connectivity index (χ1v) is 8.23. The molecule has 1 N–H and O–H groups in total. The maximum absolute atomic E-state index is 13.4. The third-order valence-electron chi connectivity index (χ3n) is 3.72. The molecule has 6 heteroatoms. The second-order valence-electron chi connectivity index (χ2n) is 5.22. The van der Waals surface area contributed by atoms with E-state index in [1.165, 1.54) is 25.0 Å². The monoisotopic (exact) mass is 418 g/mol. The van der Waals surface area contributed by atoms with Crippen molar-refractivity contribution in [2.75, 3.05) is 0 Å². The Labute approximate surface area is 140 Å². The summed E-state index contributed by atoms with van der Waals surface area (Å²) in [5.41, 5.74) is 1.37. The highest BCUT2D eigenvalue weighted by Gasteiger charge is 2.24. The lowest BCUT2D eigenvalue weighted by molar-refractivity contribution is 0.469. The minimum absolute atomic E-state index is 0.148. The fourth-order valence-corrected chi connectivity index (χ4v) is 3.60. The van der Waals surface area contributed by atoms with Gasteiger partial charge in [0.1, 0.15) is 16.7 Å². The summed E-state index contributed by atoms with van der Waals surface area (Å²) in [7, 11) is 0. The number of rotatable bonds is 2. The summed E-state index contributed by atoms with van der Waals surface area (Å²) < 4.78 is 14.3. The fraction of sp³-hybridized carbons (Fsp3) is 0.333. The maximum Gasteiger partial charge on any atom is 0.161 e. The zero-order valence-corrected chi connectivity index (χ0v) is 14.0. The van der Waals surface area contributed by atoms with Crippen molar-refractivity contribution in [3.63, 3.8) is 0 Å². The van der Waals surface area contributed by atoms with E-state index in [1.54, 1.807) is 0 Å². The zero-order valence-electron chi connectivity index (χ0n) is 11.1. The van der Waals surface area contributed by atoms with Crippen LogP contribution in [0.25, 0.3) is 11.4 Å². The number of hydrogen-bond acceptors (Lipinski definition) is 3. The van der Waals surface area contributed by atoms with Gasteiger partial charge in [-0.1, -0.05) is 24.4 Å². The summed E-state index contributed by atoms with van der Waals surface area (Å²) >= 11 is 8.38. The molecule has 1 aliphatic carbocycles. The van der Waals surface area contributed by atoms with Gasteiger partial charge in [0.2, 0.25) is 0 Å². The summed E-state index contributed by atoms with van der Waals surface area (Å²) in [4.78, 5) is 8.81. The van der Waals surface area contributed by atoms with Gasteiger partial charge in [-0.15, -0.1) is 0 Å². The smallest absolute Gasteiger partial charge is 0.161 e. The average Bonchev–Trinajstić information content (AvgIpc) is 2.94. The Kier molecular flexibility index (Phi) is 4.31. The minimum Gasteiger partial charge on any atom is -0.508 e. The highest BCUT2D eigenvalue weighted by molar-refractivity contribution is 14.1. The van der Waals surface area contributed by atoms with E-state index in [0.29, 0.717) is 22.5 Å². The second-order valence-corrected chi connectivity index (χ2v) is 6.65. The van der Waals surface area contributed by atoms with Crippen LogP contribution in [0.2, 0.25) is 5.15 Å². The Bertz CT molecular complexity index is 669. The summed E-state index contributed by atoms with van der Waals surface area (Å²) in [5, 5.41) is 9.91. The van der Waals surface area contributed by atoms with Gasteiger partial charge in [-0.2, -0.15) is 0 Å². The van der Waals surface area contributed by atoms with Gasteiger partial charge in [0, 0.05) is 17.5 Å². The van der Waals surface area contributed by atoms with E-state index >= 15 is 0 Å². The predicted molar refractivity (Wildman–Crippen MR) is 88.0 cm³/mol. The van der Waals surface area contributed by atoms with Crippen LogP contribution in [0.15, 0.2) is 18.2 Å². The van der Waals surface area contributed by atoms with Crippen molar-refractivity contribution < 1.29 is 9.50 Å². The van der Waals surface area contributed by atoms with Gasteiger partial charge < -0.3 is 5.11 Å². The van der Waals surface area contributed by atoms with Crippen LogP contribution in [-0.4, -0.2) is 15.1 Å². The molecule has 1 aliphatic rings. The Balaban J connectivity index is 2.10. The van der Waals surface area contributed by atoms with Crippen molar-refractivity contribution in [3.8, 4) is 17.1 Å². The van der Waals surface area contributed by atoms with Crippen LogP contribution in [-0.2, 0) is 0 Å². The SMILES string of the molecule is Oc1cc(F)cc(-c2nc(Cl)c(I)c(C3CCCC3)n2)c1. The van der Waals surface area contributed by atoms with E-state index in [4.69, 9.17) is 11.6 Å². The van der Waals surface area contributed by atoms with E-state index in [1.807, 2.05) is 0 Å². The van der Waals surface area contributed by atoms with Gasteiger partial charge in [-0.3, -0.25) is 0 Å². The zero-order chi connectivity index (χ0) is 15.0. The Morgan fingerprint density at radius 3 is 2.57 bits per heavy atom. The van der Waals surface area contributed by atoms with Crippen LogP contribution in [0.5, 0.6) is 5.75 Å². The highest BCUT2D eigenvalue weighted by atomic mass is 127. The van der Waals surface area contributed by atoms with Crippen molar-refractivity contribution in [1.82, 2.24) is 9.97 Å². The molecule has 0 spiro atoms. The predicted octanol–water partition coefficient (Wildman–Crippen LogP) is 4.90. The van der Waals surface area contributed by atoms with Crippen LogP contribution in [0.3, 0.4) is 0 Å². The lowest BCUT2D eigenvalue weighted by atomic mass is 10.0. The number of halogens is 3. The molecule has 3 nitrogen and oxygen atoms in total. The first-order chi connectivity index (χ1) is 10.0. The van der Waals surface area contributed by atoms with Crippen LogP contribution >= 0.6 is 34.2 Å². The van der Waals surface area contributed by atoms with Gasteiger partial charge in [0.05, 0.1) is 9.26 Å². The summed E-state index contributed by atoms with van der Waals surface area (Å²) in [5.74, 6) is 0.0757. The van der Waals surface area contributed by atoms with E-state index in [9.17, 15) is 9.50 Å². The number of benzene rings is 1. The number of phenolic OH excluding ortho intramolecular Hbond substituents is 1. The van der Waals surface area contributed by atoms with Crippen molar-refractivity contribution in [3.05, 3.63) is 38.4 Å². The quantitative estimate of drug-likeness (QED) is 0.557. The highest BCUT2D eigenvalue weighted by Crippen LogP contribution is 2.38. The number of hydrogen-bond donors (Lipinski definition) is 1. The van der Waals surface area contributed by atoms with Crippen LogP contribution in [0, 0.1) is 9.39 Å². The minimum atomic E-state index is -0.523. The number of aromatic nitrogens is 2. The first-order valence-electron chi connectivity index (χ1n) is 6.77. The topological polar surface area (TPSA) is 46.0 Å². The Morgan fingerprint density at radius 1 is 1.19 bits per heavy atom. The molecular formula is C15H13ClFIN2O. The molecule has 110 valence electrons. The fourth-order valence-electron chi connectivity index (χ4n) is 2.74. The summed E-state index contributed by atoms with van der Waals surface area (Å²) in [6.07, 6.45) is 4.57. The molecule has 1 aromatic heterocycles. The van der Waals surface area contributed by atoms with Gasteiger partial charge in [0.25, 0.3) is 0 Å². The molecule has 21 heavy (non-hydrogen) atoms. The molecule has 0 bridgehead atoms. The molecule has 2 aromatic rings. The van der Waals surface area contributed by atoms with Crippen molar-refractivity contribution in [1.29, 1.82) is 0 Å². The van der Waals surface area contributed by atoms with Crippen LogP contribution < -0.4 is 0 Å². The average molecular weight is 419 g/mol. The normalized spacial score (nSPS) is 15.6. The van der Waals surface area contributed by atoms with Gasteiger partial charge in [0.15, 0.2) is 5.82 Å². The molecule has 1 saturated carbocycles. The lowest BCUT2D eigenvalue weighted by Crippen LogP contribution is -2.04. The molecule has 0 radical (unpaired) electrons. The van der Waals surface area contributed by atoms with E-state index in [-0.39, 0.29) is 5.75 Å². The van der Waals surface area contributed by atoms with Gasteiger partial charge in [-0.05, 0) is 47.6 Å². The first kappa shape index (κ1) is 15.0. The van der Waals surface area contributed by atoms with Crippen LogP contribution in [0.1, 0.15) is 37.3 Å². The molecule has 1 aromatic carbocycles. The van der Waals surface area contributed by atoms with Gasteiger partial charge in [-0.25, -0.2) is 14.4 Å². The second kappa shape index (κ2) is 6.04. The molecular weight excluding hydrogens is 406 g/mol. The van der Waals surface area contributed by atoms with E-state index < -0.39 is 5.82 Å². The third kappa shape index (κ3) is 3.13. The summed E-state index contributed by atoms with van der Waals surface area (Å²) in [6, 6.07) is 3.80. The molecule has 1 fully saturated rings. The van der Waals surface area contributed by atoms with Crippen LogP contribution in [0.4, 0.5) is 4.39 Å². The number of phenols is 1. The maximum atomic E-state index is 13.4. The molecule has 0 amide bonds. The lowest BCUT2D eigenvalue weighted by Gasteiger charge is -2.13. The Morgan fingerprint density at radius 2 is 1.90 bits per heavy atom. The largest absolute Gasteiger partial charge is 0.508 e. The van der Waals surface area contributed by atoms with E-state index in [0.717, 1.165) is 28.2 Å². The van der Waals surface area contributed by atoms with E-state index in [2.05, 4.69) is 32.6 Å².